The van der Waals surface area contributed by atoms with Gasteiger partial charge in [0.25, 0.3) is 0 Å². The summed E-state index contributed by atoms with van der Waals surface area (Å²) in [5.41, 5.74) is 1.81. The van der Waals surface area contributed by atoms with E-state index < -0.39 is 0 Å². The highest BCUT2D eigenvalue weighted by atomic mass is 35.5. The van der Waals surface area contributed by atoms with E-state index in [1.54, 1.807) is 17.9 Å². The second kappa shape index (κ2) is 5.97. The molecule has 1 amide bonds. The predicted molar refractivity (Wildman–Crippen MR) is 79.8 cm³/mol. The van der Waals surface area contributed by atoms with Gasteiger partial charge >= 0.3 is 0 Å². The Labute approximate surface area is 122 Å². The summed E-state index contributed by atoms with van der Waals surface area (Å²) in [6.07, 6.45) is 0.491. The molecule has 1 aromatic rings. The van der Waals surface area contributed by atoms with E-state index >= 15 is 0 Å². The van der Waals surface area contributed by atoms with Crippen LogP contribution in [0.5, 0.6) is 0 Å². The Morgan fingerprint density at radius 1 is 1.53 bits per heavy atom. The topological polar surface area (TPSA) is 37.4 Å². The van der Waals surface area contributed by atoms with Gasteiger partial charge in [0.1, 0.15) is 0 Å². The van der Waals surface area contributed by atoms with Crippen molar-refractivity contribution in [3.63, 3.8) is 0 Å². The minimum atomic E-state index is 0.0883. The van der Waals surface area contributed by atoms with Crippen molar-refractivity contribution < 1.29 is 9.59 Å². The van der Waals surface area contributed by atoms with Crippen LogP contribution in [0.4, 0.5) is 5.69 Å². The van der Waals surface area contributed by atoms with E-state index in [0.29, 0.717) is 23.7 Å². The molecular weight excluding hydrogens is 282 g/mol. The lowest BCUT2D eigenvalue weighted by Gasteiger charge is -2.20. The zero-order chi connectivity index (χ0) is 14.0. The summed E-state index contributed by atoms with van der Waals surface area (Å²) in [7, 11) is 0. The van der Waals surface area contributed by atoms with Gasteiger partial charge in [0.05, 0.1) is 10.7 Å². The number of anilines is 1. The highest BCUT2D eigenvalue weighted by molar-refractivity contribution is 8.13. The van der Waals surface area contributed by atoms with E-state index in [4.69, 9.17) is 11.6 Å². The van der Waals surface area contributed by atoms with Crippen LogP contribution < -0.4 is 4.90 Å². The van der Waals surface area contributed by atoms with E-state index in [1.165, 1.54) is 11.8 Å². The highest BCUT2D eigenvalue weighted by Crippen LogP contribution is 2.34. The fourth-order valence-corrected chi connectivity index (χ4v) is 3.33. The Hall–Kier alpha value is -1.00. The maximum absolute atomic E-state index is 12.1. The van der Waals surface area contributed by atoms with E-state index in [2.05, 4.69) is 0 Å². The minimum absolute atomic E-state index is 0.0883. The van der Waals surface area contributed by atoms with Crippen molar-refractivity contribution >= 4 is 40.1 Å². The maximum Gasteiger partial charge on any atom is 0.227 e. The summed E-state index contributed by atoms with van der Waals surface area (Å²) in [5.74, 6) is 1.00. The molecule has 1 aromatic carbocycles. The maximum atomic E-state index is 12.1. The smallest absolute Gasteiger partial charge is 0.227 e. The Bertz CT molecular complexity index is 498. The van der Waals surface area contributed by atoms with Crippen molar-refractivity contribution in [3.05, 3.63) is 28.8 Å². The van der Waals surface area contributed by atoms with Gasteiger partial charge in [-0.25, -0.2) is 0 Å². The molecule has 1 fully saturated rings. The third kappa shape index (κ3) is 3.31. The Balaban J connectivity index is 2.14. The molecule has 0 bridgehead atoms. The highest BCUT2D eigenvalue weighted by Gasteiger charge is 2.32. The molecule has 3 nitrogen and oxygen atoms in total. The number of carbonyl (C=O) groups excluding carboxylic acids is 2. The van der Waals surface area contributed by atoms with E-state index in [-0.39, 0.29) is 16.9 Å². The minimum Gasteiger partial charge on any atom is -0.310 e. The molecule has 1 aliphatic rings. The lowest BCUT2D eigenvalue weighted by Crippen LogP contribution is -2.25. The van der Waals surface area contributed by atoms with Gasteiger partial charge in [-0.05, 0) is 24.5 Å². The van der Waals surface area contributed by atoms with Gasteiger partial charge in [-0.1, -0.05) is 35.5 Å². The number of carbonyl (C=O) groups is 2. The SMILES string of the molecule is CC(=O)SCC1CC(=O)N(c2c(C)cccc2Cl)C1. The fourth-order valence-electron chi connectivity index (χ4n) is 2.31. The third-order valence-corrected chi connectivity index (χ3v) is 4.54. The first-order chi connectivity index (χ1) is 8.99. The first-order valence-corrected chi connectivity index (χ1v) is 7.54. The molecule has 2 rings (SSSR count). The van der Waals surface area contributed by atoms with Gasteiger partial charge in [0, 0.05) is 25.6 Å². The number of halogens is 1. The molecule has 1 atom stereocenters. The van der Waals surface area contributed by atoms with Crippen LogP contribution in [-0.4, -0.2) is 23.3 Å². The van der Waals surface area contributed by atoms with Gasteiger partial charge in [-0.3, -0.25) is 9.59 Å². The van der Waals surface area contributed by atoms with Gasteiger partial charge in [0.2, 0.25) is 5.91 Å². The summed E-state index contributed by atoms with van der Waals surface area (Å²) in [6.45, 7) is 4.15. The molecule has 19 heavy (non-hydrogen) atoms. The van der Waals surface area contributed by atoms with Gasteiger partial charge in [-0.15, -0.1) is 0 Å². The zero-order valence-corrected chi connectivity index (χ0v) is 12.6. The van der Waals surface area contributed by atoms with Crippen LogP contribution in [0.1, 0.15) is 18.9 Å². The first kappa shape index (κ1) is 14.4. The lowest BCUT2D eigenvalue weighted by atomic mass is 10.1. The largest absolute Gasteiger partial charge is 0.310 e. The number of para-hydroxylation sites is 1. The molecule has 0 spiro atoms. The molecule has 1 aliphatic heterocycles. The molecule has 5 heteroatoms. The number of amides is 1. The number of nitrogens with zero attached hydrogens (tertiary/aromatic N) is 1. The predicted octanol–water partition coefficient (Wildman–Crippen LogP) is 3.28. The lowest BCUT2D eigenvalue weighted by molar-refractivity contribution is -0.117. The zero-order valence-electron chi connectivity index (χ0n) is 11.0. The van der Waals surface area contributed by atoms with Crippen LogP contribution in [0.2, 0.25) is 5.02 Å². The molecule has 1 unspecified atom stereocenters. The summed E-state index contributed by atoms with van der Waals surface area (Å²) in [4.78, 5) is 24.8. The van der Waals surface area contributed by atoms with E-state index in [0.717, 1.165) is 11.3 Å². The van der Waals surface area contributed by atoms with Crippen LogP contribution in [0.25, 0.3) is 0 Å². The van der Waals surface area contributed by atoms with Crippen molar-refractivity contribution in [2.75, 3.05) is 17.2 Å². The van der Waals surface area contributed by atoms with Crippen LogP contribution >= 0.6 is 23.4 Å². The number of rotatable bonds is 3. The molecule has 0 radical (unpaired) electrons. The summed E-state index contributed by atoms with van der Waals surface area (Å²) in [5, 5.41) is 0.702. The molecule has 0 N–H and O–H groups in total. The fraction of sp³-hybridized carbons (Fsp3) is 0.429. The van der Waals surface area contributed by atoms with Crippen molar-refractivity contribution in [1.29, 1.82) is 0 Å². The standard InChI is InChI=1S/C14H16ClNO2S/c1-9-4-3-5-12(15)14(9)16-7-11(6-13(16)18)8-19-10(2)17/h3-5,11H,6-8H2,1-2H3. The van der Waals surface area contributed by atoms with Crippen molar-refractivity contribution in [2.45, 2.75) is 20.3 Å². The van der Waals surface area contributed by atoms with Gasteiger partial charge in [0.15, 0.2) is 5.12 Å². The third-order valence-electron chi connectivity index (χ3n) is 3.19. The normalized spacial score (nSPS) is 19.0. The molecule has 0 aromatic heterocycles. The average Bonchev–Trinajstić information content (AvgIpc) is 2.68. The van der Waals surface area contributed by atoms with Crippen LogP contribution in [0.3, 0.4) is 0 Å². The van der Waals surface area contributed by atoms with Crippen LogP contribution in [0, 0.1) is 12.8 Å². The van der Waals surface area contributed by atoms with Gasteiger partial charge in [-0.2, -0.15) is 0 Å². The monoisotopic (exact) mass is 297 g/mol. The average molecular weight is 298 g/mol. The van der Waals surface area contributed by atoms with Crippen molar-refractivity contribution in [1.82, 2.24) is 0 Å². The van der Waals surface area contributed by atoms with Crippen molar-refractivity contribution in [3.8, 4) is 0 Å². The molecule has 0 saturated carbocycles. The quantitative estimate of drug-likeness (QED) is 0.859. The number of benzene rings is 1. The van der Waals surface area contributed by atoms with E-state index in [1.807, 2.05) is 19.1 Å². The molecule has 1 heterocycles. The van der Waals surface area contributed by atoms with Crippen LogP contribution in [-0.2, 0) is 9.59 Å². The second-order valence-electron chi connectivity index (χ2n) is 4.78. The first-order valence-electron chi connectivity index (χ1n) is 6.18. The number of thioether (sulfide) groups is 1. The number of hydrogen-bond donors (Lipinski definition) is 0. The summed E-state index contributed by atoms with van der Waals surface area (Å²) in [6, 6.07) is 5.63. The Morgan fingerprint density at radius 2 is 2.26 bits per heavy atom. The molecule has 1 saturated heterocycles. The number of hydrogen-bond acceptors (Lipinski definition) is 3. The Kier molecular flexibility index (Phi) is 4.53. The molecule has 102 valence electrons. The molecule has 0 aliphatic carbocycles. The van der Waals surface area contributed by atoms with Crippen LogP contribution in [0.15, 0.2) is 18.2 Å². The van der Waals surface area contributed by atoms with Gasteiger partial charge < -0.3 is 4.90 Å². The van der Waals surface area contributed by atoms with E-state index in [9.17, 15) is 9.59 Å². The summed E-state index contributed by atoms with van der Waals surface area (Å²) < 4.78 is 0. The Morgan fingerprint density at radius 3 is 2.89 bits per heavy atom. The van der Waals surface area contributed by atoms with Crippen molar-refractivity contribution in [2.24, 2.45) is 5.92 Å². The summed E-state index contributed by atoms with van der Waals surface area (Å²) >= 11 is 7.48. The second-order valence-corrected chi connectivity index (χ2v) is 6.39. The number of aryl methyl sites for hydroxylation is 1. The molecular formula is C14H16ClNO2S.